The van der Waals surface area contributed by atoms with E-state index >= 15 is 0 Å². The van der Waals surface area contributed by atoms with Gasteiger partial charge < -0.3 is 20.1 Å². The summed E-state index contributed by atoms with van der Waals surface area (Å²) < 4.78 is 32.8. The summed E-state index contributed by atoms with van der Waals surface area (Å²) in [6, 6.07) is 0. The molecule has 0 saturated carbocycles. The number of phosphoric acid groups is 1. The van der Waals surface area contributed by atoms with Gasteiger partial charge in [0.2, 0.25) is 0 Å². The van der Waals surface area contributed by atoms with E-state index in [1.807, 2.05) is 0 Å². The van der Waals surface area contributed by atoms with Gasteiger partial charge in [-0.05, 0) is 64.2 Å². The molecular weight excluding hydrogens is 713 g/mol. The fourth-order valence-electron chi connectivity index (χ4n) is 6.39. The number of carbonyl (C=O) groups excluding carboxylic acids is 2. The van der Waals surface area contributed by atoms with Crippen LogP contribution in [-0.2, 0) is 32.7 Å². The van der Waals surface area contributed by atoms with Crippen molar-refractivity contribution in [3.8, 4) is 0 Å². The SMILES string of the molecule is CCCCCC/C=C/CCCCCCCCCC(=O)O[C@H](COC(=O)CCCCCCCCCCC/C=C/CCCCCCCC)COP(=O)(O)OCCN. The van der Waals surface area contributed by atoms with E-state index in [0.29, 0.717) is 6.42 Å². The van der Waals surface area contributed by atoms with Crippen molar-refractivity contribution >= 4 is 19.8 Å². The predicted octanol–water partition coefficient (Wildman–Crippen LogP) is 13.2. The van der Waals surface area contributed by atoms with Gasteiger partial charge in [-0.25, -0.2) is 4.57 Å². The molecule has 0 aromatic carbocycles. The van der Waals surface area contributed by atoms with E-state index < -0.39 is 26.5 Å². The minimum Gasteiger partial charge on any atom is -0.462 e. The largest absolute Gasteiger partial charge is 0.472 e. The molecule has 0 aliphatic carbocycles. The standard InChI is InChI=1S/C45H86NO8P/c1-3-5-7-9-11-13-15-17-19-20-21-22-24-25-27-29-31-33-35-37-44(47)51-41-43(42-53-55(49,50)52-40-39-46)54-45(48)38-36-34-32-30-28-26-23-18-16-14-12-10-8-6-4-2/h14,16-17,19,43H,3-13,15,18,20-42,46H2,1-2H3,(H,49,50)/b16-14+,19-17+/t43-/m1/s1. The van der Waals surface area contributed by atoms with Gasteiger partial charge in [0.05, 0.1) is 13.2 Å². The van der Waals surface area contributed by atoms with Crippen molar-refractivity contribution in [3.05, 3.63) is 24.3 Å². The number of ether oxygens (including phenoxy) is 2. The van der Waals surface area contributed by atoms with Crippen molar-refractivity contribution in [2.75, 3.05) is 26.4 Å². The number of esters is 2. The monoisotopic (exact) mass is 800 g/mol. The van der Waals surface area contributed by atoms with E-state index in [0.717, 1.165) is 44.9 Å². The predicted molar refractivity (Wildman–Crippen MR) is 229 cm³/mol. The molecule has 2 atom stereocenters. The first-order chi connectivity index (χ1) is 26.8. The van der Waals surface area contributed by atoms with Gasteiger partial charge in [-0.3, -0.25) is 18.6 Å². The van der Waals surface area contributed by atoms with E-state index in [1.54, 1.807) is 0 Å². The number of nitrogens with two attached hydrogens (primary N) is 1. The topological polar surface area (TPSA) is 134 Å². The lowest BCUT2D eigenvalue weighted by atomic mass is 10.1. The molecule has 1 unspecified atom stereocenters. The van der Waals surface area contributed by atoms with Crippen LogP contribution in [-0.4, -0.2) is 49.3 Å². The number of hydrogen-bond acceptors (Lipinski definition) is 8. The van der Waals surface area contributed by atoms with Crippen LogP contribution in [0.4, 0.5) is 0 Å². The van der Waals surface area contributed by atoms with Crippen LogP contribution in [0, 0.1) is 0 Å². The molecule has 0 bridgehead atoms. The van der Waals surface area contributed by atoms with Crippen LogP contribution < -0.4 is 5.73 Å². The molecule has 0 amide bonds. The quantitative estimate of drug-likeness (QED) is 0.0267. The lowest BCUT2D eigenvalue weighted by Crippen LogP contribution is -2.29. The Morgan fingerprint density at radius 3 is 1.31 bits per heavy atom. The van der Waals surface area contributed by atoms with Crippen molar-refractivity contribution in [3.63, 3.8) is 0 Å². The summed E-state index contributed by atoms with van der Waals surface area (Å²) >= 11 is 0. The molecule has 0 saturated heterocycles. The number of hydrogen-bond donors (Lipinski definition) is 2. The summed E-state index contributed by atoms with van der Waals surface area (Å²) in [5.41, 5.74) is 5.35. The molecule has 0 aliphatic rings. The van der Waals surface area contributed by atoms with Gasteiger partial charge in [0.25, 0.3) is 0 Å². The van der Waals surface area contributed by atoms with Crippen LogP contribution in [0.25, 0.3) is 0 Å². The van der Waals surface area contributed by atoms with E-state index in [4.69, 9.17) is 24.3 Å². The summed E-state index contributed by atoms with van der Waals surface area (Å²) in [6.07, 6.45) is 44.9. The number of phosphoric ester groups is 1. The Labute approximate surface area is 338 Å². The van der Waals surface area contributed by atoms with Crippen molar-refractivity contribution in [1.82, 2.24) is 0 Å². The lowest BCUT2D eigenvalue weighted by molar-refractivity contribution is -0.161. The number of carbonyl (C=O) groups is 2. The van der Waals surface area contributed by atoms with Crippen LogP contribution in [0.5, 0.6) is 0 Å². The van der Waals surface area contributed by atoms with E-state index in [-0.39, 0.29) is 38.6 Å². The smallest absolute Gasteiger partial charge is 0.462 e. The highest BCUT2D eigenvalue weighted by Gasteiger charge is 2.26. The van der Waals surface area contributed by atoms with Gasteiger partial charge in [0, 0.05) is 19.4 Å². The molecule has 0 aromatic heterocycles. The molecule has 324 valence electrons. The van der Waals surface area contributed by atoms with Crippen LogP contribution in [0.1, 0.15) is 219 Å². The van der Waals surface area contributed by atoms with Crippen LogP contribution in [0.15, 0.2) is 24.3 Å². The number of unbranched alkanes of at least 4 members (excludes halogenated alkanes) is 26. The second kappa shape index (κ2) is 42.1. The molecule has 3 N–H and O–H groups in total. The third kappa shape index (κ3) is 41.9. The summed E-state index contributed by atoms with van der Waals surface area (Å²) in [5, 5.41) is 0. The normalized spacial score (nSPS) is 13.5. The zero-order chi connectivity index (χ0) is 40.3. The lowest BCUT2D eigenvalue weighted by Gasteiger charge is -2.19. The first-order valence-electron chi connectivity index (χ1n) is 22.8. The number of rotatable bonds is 43. The van der Waals surface area contributed by atoms with Crippen molar-refractivity contribution in [2.45, 2.75) is 225 Å². The van der Waals surface area contributed by atoms with E-state index in [9.17, 15) is 19.0 Å². The fourth-order valence-corrected chi connectivity index (χ4v) is 7.15. The Morgan fingerprint density at radius 1 is 0.527 bits per heavy atom. The first kappa shape index (κ1) is 53.5. The summed E-state index contributed by atoms with van der Waals surface area (Å²) in [4.78, 5) is 34.9. The molecule has 0 fully saturated rings. The molecule has 0 aliphatic heterocycles. The first-order valence-corrected chi connectivity index (χ1v) is 24.3. The van der Waals surface area contributed by atoms with E-state index in [2.05, 4.69) is 38.2 Å². The minimum atomic E-state index is -4.38. The fraction of sp³-hybridized carbons (Fsp3) is 0.867. The molecule has 55 heavy (non-hydrogen) atoms. The summed E-state index contributed by atoms with van der Waals surface area (Å²) in [5.74, 6) is -0.829. The summed E-state index contributed by atoms with van der Waals surface area (Å²) in [6.45, 7) is 3.73. The molecule has 0 rings (SSSR count). The Hall–Kier alpha value is -1.51. The van der Waals surface area contributed by atoms with Gasteiger partial charge in [0.15, 0.2) is 6.10 Å². The number of allylic oxidation sites excluding steroid dienone is 4. The third-order valence-corrected chi connectivity index (χ3v) is 10.8. The van der Waals surface area contributed by atoms with E-state index in [1.165, 1.54) is 141 Å². The zero-order valence-electron chi connectivity index (χ0n) is 35.7. The van der Waals surface area contributed by atoms with Gasteiger partial charge in [-0.15, -0.1) is 0 Å². The highest BCUT2D eigenvalue weighted by Crippen LogP contribution is 2.43. The maximum Gasteiger partial charge on any atom is 0.472 e. The summed E-state index contributed by atoms with van der Waals surface area (Å²) in [7, 11) is -4.38. The average Bonchev–Trinajstić information content (AvgIpc) is 3.17. The zero-order valence-corrected chi connectivity index (χ0v) is 36.6. The molecular formula is C45H86NO8P. The van der Waals surface area contributed by atoms with Crippen molar-refractivity contribution in [1.29, 1.82) is 0 Å². The van der Waals surface area contributed by atoms with Crippen LogP contribution in [0.3, 0.4) is 0 Å². The molecule has 0 heterocycles. The minimum absolute atomic E-state index is 0.0536. The van der Waals surface area contributed by atoms with Gasteiger partial charge in [-0.2, -0.15) is 0 Å². The second-order valence-electron chi connectivity index (χ2n) is 15.3. The van der Waals surface area contributed by atoms with Crippen molar-refractivity contribution < 1.29 is 37.6 Å². The second-order valence-corrected chi connectivity index (χ2v) is 16.7. The molecule has 9 nitrogen and oxygen atoms in total. The van der Waals surface area contributed by atoms with Gasteiger partial charge >= 0.3 is 19.8 Å². The van der Waals surface area contributed by atoms with Gasteiger partial charge in [0.1, 0.15) is 6.61 Å². The Kier molecular flexibility index (Phi) is 40.9. The van der Waals surface area contributed by atoms with Gasteiger partial charge in [-0.1, -0.05) is 167 Å². The van der Waals surface area contributed by atoms with Crippen LogP contribution in [0.2, 0.25) is 0 Å². The maximum atomic E-state index is 12.6. The third-order valence-electron chi connectivity index (χ3n) is 9.81. The van der Waals surface area contributed by atoms with Crippen LogP contribution >= 0.6 is 7.82 Å². The highest BCUT2D eigenvalue weighted by atomic mass is 31.2. The molecule has 0 aromatic rings. The van der Waals surface area contributed by atoms with Crippen molar-refractivity contribution in [2.24, 2.45) is 5.73 Å². The highest BCUT2D eigenvalue weighted by molar-refractivity contribution is 7.47. The average molecular weight is 800 g/mol. The Balaban J connectivity index is 4.10. The Bertz CT molecular complexity index is 959. The molecule has 10 heteroatoms. The molecule has 0 spiro atoms. The maximum absolute atomic E-state index is 12.6. The Morgan fingerprint density at radius 2 is 0.891 bits per heavy atom. The molecule has 0 radical (unpaired) electrons.